The molecule has 0 bridgehead atoms. The van der Waals surface area contributed by atoms with Gasteiger partial charge in [0.15, 0.2) is 0 Å². The first-order valence-corrected chi connectivity index (χ1v) is 6.83. The Kier molecular flexibility index (Phi) is 4.78. The molecule has 1 fully saturated rings. The lowest BCUT2D eigenvalue weighted by Gasteiger charge is -2.26. The highest BCUT2D eigenvalue weighted by molar-refractivity contribution is 5.93. The quantitative estimate of drug-likeness (QED) is 0.740. The van der Waals surface area contributed by atoms with E-state index in [1.807, 2.05) is 0 Å². The van der Waals surface area contributed by atoms with Crippen molar-refractivity contribution in [2.45, 2.75) is 40.7 Å². The van der Waals surface area contributed by atoms with Gasteiger partial charge in [0.1, 0.15) is 6.54 Å². The second-order valence-corrected chi connectivity index (χ2v) is 5.98. The van der Waals surface area contributed by atoms with E-state index in [1.54, 1.807) is 34.6 Å². The molecule has 2 atom stereocenters. The third kappa shape index (κ3) is 3.11. The summed E-state index contributed by atoms with van der Waals surface area (Å²) in [6.45, 7) is 8.93. The molecule has 0 saturated heterocycles. The predicted octanol–water partition coefficient (Wildman–Crippen LogP) is 1.14. The Morgan fingerprint density at radius 3 is 2.15 bits per heavy atom. The Balaban J connectivity index is 2.81. The van der Waals surface area contributed by atoms with E-state index in [0.29, 0.717) is 0 Å². The van der Waals surface area contributed by atoms with Gasteiger partial charge in [0.25, 0.3) is 0 Å². The summed E-state index contributed by atoms with van der Waals surface area (Å²) in [5.41, 5.74) is -0.565. The maximum Gasteiger partial charge on any atom is 0.325 e. The minimum atomic E-state index is -0.965. The highest BCUT2D eigenvalue weighted by Gasteiger charge is 2.66. The fourth-order valence-electron chi connectivity index (χ4n) is 2.60. The third-order valence-corrected chi connectivity index (χ3v) is 3.87. The van der Waals surface area contributed by atoms with Crippen molar-refractivity contribution in [3.05, 3.63) is 0 Å². The molecule has 0 aromatic heterocycles. The largest absolute Gasteiger partial charge is 0.481 e. The average molecular weight is 285 g/mol. The number of ether oxygens (including phenoxy) is 1. The molecule has 0 heterocycles. The summed E-state index contributed by atoms with van der Waals surface area (Å²) in [7, 11) is 0. The number of esters is 1. The summed E-state index contributed by atoms with van der Waals surface area (Å²) in [5, 5.41) is 9.13. The first-order valence-electron chi connectivity index (χ1n) is 6.83. The van der Waals surface area contributed by atoms with Crippen molar-refractivity contribution in [3.8, 4) is 0 Å². The zero-order valence-electron chi connectivity index (χ0n) is 12.7. The van der Waals surface area contributed by atoms with Gasteiger partial charge in [-0.2, -0.15) is 0 Å². The molecule has 114 valence electrons. The van der Waals surface area contributed by atoms with Gasteiger partial charge in [-0.15, -0.1) is 0 Å². The van der Waals surface area contributed by atoms with Crippen LogP contribution in [0.3, 0.4) is 0 Å². The number of carboxylic acids is 1. The zero-order valence-corrected chi connectivity index (χ0v) is 12.7. The van der Waals surface area contributed by atoms with Crippen LogP contribution in [0.25, 0.3) is 0 Å². The summed E-state index contributed by atoms with van der Waals surface area (Å²) < 4.78 is 4.85. The molecule has 0 radical (unpaired) electrons. The van der Waals surface area contributed by atoms with E-state index < -0.39 is 29.2 Å². The highest BCUT2D eigenvalue weighted by Crippen LogP contribution is 2.59. The fraction of sp³-hybridized carbons (Fsp3) is 0.786. The highest BCUT2D eigenvalue weighted by atomic mass is 16.5. The topological polar surface area (TPSA) is 83.9 Å². The Morgan fingerprint density at radius 1 is 1.25 bits per heavy atom. The summed E-state index contributed by atoms with van der Waals surface area (Å²) in [5.74, 6) is -2.98. The van der Waals surface area contributed by atoms with E-state index in [-0.39, 0.29) is 25.1 Å². The van der Waals surface area contributed by atoms with Crippen molar-refractivity contribution < 1.29 is 24.2 Å². The minimum Gasteiger partial charge on any atom is -0.481 e. The second-order valence-electron chi connectivity index (χ2n) is 5.98. The summed E-state index contributed by atoms with van der Waals surface area (Å²) in [6, 6.07) is -0.183. The van der Waals surface area contributed by atoms with Crippen LogP contribution in [0.5, 0.6) is 0 Å². The average Bonchev–Trinajstić information content (AvgIpc) is 2.88. The van der Waals surface area contributed by atoms with Crippen molar-refractivity contribution in [2.75, 3.05) is 13.2 Å². The molecule has 0 aliphatic heterocycles. The van der Waals surface area contributed by atoms with E-state index in [0.717, 1.165) is 0 Å². The number of carbonyl (C=O) groups is 3. The summed E-state index contributed by atoms with van der Waals surface area (Å²) >= 11 is 0. The normalized spacial score (nSPS) is 23.3. The Bertz CT molecular complexity index is 416. The van der Waals surface area contributed by atoms with Gasteiger partial charge in [0.05, 0.1) is 18.4 Å². The van der Waals surface area contributed by atoms with Crippen molar-refractivity contribution >= 4 is 17.8 Å². The van der Waals surface area contributed by atoms with Crippen molar-refractivity contribution in [1.82, 2.24) is 4.90 Å². The molecule has 0 aromatic rings. The van der Waals surface area contributed by atoms with Crippen LogP contribution in [0.1, 0.15) is 34.6 Å². The molecular weight excluding hydrogens is 262 g/mol. The van der Waals surface area contributed by atoms with Crippen LogP contribution < -0.4 is 0 Å². The lowest BCUT2D eigenvalue weighted by molar-refractivity contribution is -0.151. The van der Waals surface area contributed by atoms with Crippen LogP contribution in [-0.2, 0) is 19.1 Å². The van der Waals surface area contributed by atoms with Crippen LogP contribution in [0.2, 0.25) is 0 Å². The molecule has 1 amide bonds. The van der Waals surface area contributed by atoms with E-state index >= 15 is 0 Å². The maximum atomic E-state index is 12.5. The molecule has 1 aliphatic rings. The van der Waals surface area contributed by atoms with Gasteiger partial charge in [-0.3, -0.25) is 14.4 Å². The first-order chi connectivity index (χ1) is 9.14. The second kappa shape index (κ2) is 5.81. The van der Waals surface area contributed by atoms with E-state index in [1.165, 1.54) is 4.90 Å². The van der Waals surface area contributed by atoms with Crippen LogP contribution >= 0.6 is 0 Å². The monoisotopic (exact) mass is 285 g/mol. The lowest BCUT2D eigenvalue weighted by Crippen LogP contribution is -2.43. The van der Waals surface area contributed by atoms with Gasteiger partial charge in [0, 0.05) is 6.04 Å². The Hall–Kier alpha value is -1.59. The van der Waals surface area contributed by atoms with E-state index in [2.05, 4.69) is 0 Å². The number of rotatable bonds is 6. The number of hydrogen-bond donors (Lipinski definition) is 1. The molecule has 0 spiro atoms. The Labute approximate surface area is 119 Å². The molecule has 0 aromatic carbocycles. The van der Waals surface area contributed by atoms with Crippen LogP contribution in [0.4, 0.5) is 0 Å². The number of nitrogens with zero attached hydrogens (tertiary/aromatic N) is 1. The third-order valence-electron chi connectivity index (χ3n) is 3.87. The predicted molar refractivity (Wildman–Crippen MR) is 71.9 cm³/mol. The van der Waals surface area contributed by atoms with Gasteiger partial charge in [-0.05, 0) is 26.2 Å². The molecule has 6 nitrogen and oxygen atoms in total. The van der Waals surface area contributed by atoms with Gasteiger partial charge in [-0.25, -0.2) is 0 Å². The molecule has 6 heteroatoms. The van der Waals surface area contributed by atoms with Crippen molar-refractivity contribution in [2.24, 2.45) is 17.3 Å². The molecule has 1 saturated carbocycles. The maximum absolute atomic E-state index is 12.5. The molecular formula is C14H23NO5. The van der Waals surface area contributed by atoms with Crippen LogP contribution in [0, 0.1) is 17.3 Å². The minimum absolute atomic E-state index is 0.136. The first kappa shape index (κ1) is 16.5. The smallest absolute Gasteiger partial charge is 0.325 e. The van der Waals surface area contributed by atoms with E-state index in [4.69, 9.17) is 9.84 Å². The molecule has 1 N–H and O–H groups in total. The number of hydrogen-bond acceptors (Lipinski definition) is 4. The van der Waals surface area contributed by atoms with Crippen LogP contribution in [0.15, 0.2) is 0 Å². The number of amides is 1. The number of carbonyl (C=O) groups excluding carboxylic acids is 2. The molecule has 20 heavy (non-hydrogen) atoms. The van der Waals surface area contributed by atoms with Gasteiger partial charge in [-0.1, -0.05) is 13.8 Å². The van der Waals surface area contributed by atoms with Gasteiger partial charge < -0.3 is 14.7 Å². The van der Waals surface area contributed by atoms with Gasteiger partial charge in [0.2, 0.25) is 5.91 Å². The van der Waals surface area contributed by atoms with Crippen LogP contribution in [-0.4, -0.2) is 47.0 Å². The molecule has 0 unspecified atom stereocenters. The van der Waals surface area contributed by atoms with Gasteiger partial charge >= 0.3 is 11.9 Å². The fourth-order valence-corrected chi connectivity index (χ4v) is 2.60. The summed E-state index contributed by atoms with van der Waals surface area (Å²) in [4.78, 5) is 36.6. The number of aliphatic carboxylic acids is 1. The molecule has 1 rings (SSSR count). The Morgan fingerprint density at radius 2 is 1.80 bits per heavy atom. The van der Waals surface area contributed by atoms with Crippen molar-refractivity contribution in [1.29, 1.82) is 0 Å². The standard InChI is InChI=1S/C14H23NO5/c1-6-20-9(16)7-15(8(2)3)12(17)10-11(13(18)19)14(10,4)5/h8,10-11H,6-7H2,1-5H3,(H,18,19)/t10-,11+/m1/s1. The van der Waals surface area contributed by atoms with Crippen molar-refractivity contribution in [3.63, 3.8) is 0 Å². The summed E-state index contributed by atoms with van der Waals surface area (Å²) in [6.07, 6.45) is 0. The SMILES string of the molecule is CCOC(=O)CN(C(=O)[C@H]1[C@@H](C(=O)O)C1(C)C)C(C)C. The zero-order chi connectivity index (χ0) is 15.7. The van der Waals surface area contributed by atoms with E-state index in [9.17, 15) is 14.4 Å². The number of carboxylic acid groups (broad SMARTS) is 1. The lowest BCUT2D eigenvalue weighted by atomic mass is 10.1. The molecule has 1 aliphatic carbocycles.